The van der Waals surface area contributed by atoms with Crippen LogP contribution >= 0.6 is 0 Å². The van der Waals surface area contributed by atoms with Gasteiger partial charge in [0.05, 0.1) is 12.2 Å². The third-order valence-electron chi connectivity index (χ3n) is 5.84. The molecule has 0 bridgehead atoms. The number of aliphatic carboxylic acids is 1. The van der Waals surface area contributed by atoms with Crippen LogP contribution in [-0.4, -0.2) is 32.3 Å². The maximum absolute atomic E-state index is 11.2. The summed E-state index contributed by atoms with van der Waals surface area (Å²) >= 11 is 0. The van der Waals surface area contributed by atoms with Gasteiger partial charge in [-0.1, -0.05) is 29.4 Å². The van der Waals surface area contributed by atoms with E-state index in [1.807, 2.05) is 42.7 Å². The lowest BCUT2D eigenvalue weighted by molar-refractivity contribution is -0.134. The molecule has 2 aromatic heterocycles. The van der Waals surface area contributed by atoms with Crippen LogP contribution in [0.25, 0.3) is 28.6 Å². The minimum Gasteiger partial charge on any atom is -0.480 e. The lowest BCUT2D eigenvalue weighted by Gasteiger charge is -2.19. The Morgan fingerprint density at radius 2 is 2.00 bits per heavy atom. The minimum atomic E-state index is -0.911. The molecular weight excluding hydrogens is 394 g/mol. The van der Waals surface area contributed by atoms with Gasteiger partial charge in [0, 0.05) is 23.0 Å². The largest absolute Gasteiger partial charge is 0.480 e. The summed E-state index contributed by atoms with van der Waals surface area (Å²) in [7, 11) is 0. The molecular formula is C23H25N5O3. The number of hydrogen-bond acceptors (Lipinski definition) is 6. The Labute approximate surface area is 180 Å². The van der Waals surface area contributed by atoms with E-state index in [1.165, 1.54) is 18.5 Å². The zero-order valence-corrected chi connectivity index (χ0v) is 17.6. The van der Waals surface area contributed by atoms with Gasteiger partial charge in [-0.2, -0.15) is 0 Å². The second kappa shape index (κ2) is 7.61. The normalized spacial score (nSPS) is 15.2. The van der Waals surface area contributed by atoms with Crippen LogP contribution in [0.4, 0.5) is 5.82 Å². The molecule has 0 spiro atoms. The van der Waals surface area contributed by atoms with Crippen LogP contribution < -0.4 is 10.6 Å². The molecule has 160 valence electrons. The van der Waals surface area contributed by atoms with Gasteiger partial charge in [0.15, 0.2) is 0 Å². The highest BCUT2D eigenvalue weighted by Gasteiger charge is 2.26. The average molecular weight is 419 g/mol. The number of nitrogens with zero attached hydrogens (tertiary/aromatic N) is 3. The van der Waals surface area contributed by atoms with Gasteiger partial charge in [0.1, 0.15) is 29.6 Å². The molecule has 31 heavy (non-hydrogen) atoms. The first kappa shape index (κ1) is 19.4. The third kappa shape index (κ3) is 3.81. The molecule has 0 amide bonds. The summed E-state index contributed by atoms with van der Waals surface area (Å²) in [5, 5.41) is 19.8. The molecule has 3 heterocycles. The molecule has 1 aliphatic carbocycles. The number of carboxylic acid groups (broad SMARTS) is 1. The Kier molecular flexibility index (Phi) is 4.77. The van der Waals surface area contributed by atoms with E-state index in [2.05, 4.69) is 22.0 Å². The Bertz CT molecular complexity index is 1150. The average Bonchev–Trinajstić information content (AvgIpc) is 3.40. The highest BCUT2D eigenvalue weighted by atomic mass is 16.5. The van der Waals surface area contributed by atoms with Gasteiger partial charge in [0.25, 0.3) is 0 Å². The van der Waals surface area contributed by atoms with Crippen LogP contribution in [0.2, 0.25) is 0 Å². The lowest BCUT2D eigenvalue weighted by atomic mass is 10.0. The van der Waals surface area contributed by atoms with E-state index in [1.54, 1.807) is 0 Å². The molecule has 0 saturated heterocycles. The first-order valence-corrected chi connectivity index (χ1v) is 10.5. The smallest absolute Gasteiger partial charge is 0.322 e. The Morgan fingerprint density at radius 1 is 1.26 bits per heavy atom. The number of hydrogen-bond donors (Lipinski definition) is 3. The monoisotopic (exact) mass is 419 g/mol. The maximum atomic E-state index is 11.2. The molecule has 3 aromatic rings. The number of carboxylic acids is 1. The Hall–Kier alpha value is -3.55. The highest BCUT2D eigenvalue weighted by Crippen LogP contribution is 2.37. The maximum Gasteiger partial charge on any atom is 0.322 e. The first-order valence-electron chi connectivity index (χ1n) is 10.5. The van der Waals surface area contributed by atoms with E-state index in [9.17, 15) is 9.90 Å². The summed E-state index contributed by atoms with van der Waals surface area (Å²) in [5.74, 6) is 2.20. The van der Waals surface area contributed by atoms with Crippen LogP contribution in [0.5, 0.6) is 0 Å². The second-order valence-electron chi connectivity index (χ2n) is 8.27. The third-order valence-corrected chi connectivity index (χ3v) is 5.84. The van der Waals surface area contributed by atoms with Gasteiger partial charge in [-0.3, -0.25) is 9.36 Å². The van der Waals surface area contributed by atoms with Gasteiger partial charge in [-0.15, -0.1) is 0 Å². The number of nitrogens with one attached hydrogen (secondary N) is 2. The van der Waals surface area contributed by atoms with E-state index < -0.39 is 5.97 Å². The van der Waals surface area contributed by atoms with E-state index >= 15 is 0 Å². The van der Waals surface area contributed by atoms with Gasteiger partial charge >= 0.3 is 5.97 Å². The highest BCUT2D eigenvalue weighted by molar-refractivity contribution is 5.80. The van der Waals surface area contributed by atoms with Crippen molar-refractivity contribution in [3.8, 4) is 22.4 Å². The van der Waals surface area contributed by atoms with Crippen LogP contribution in [0.1, 0.15) is 36.5 Å². The fraction of sp³-hybridized carbons (Fsp3) is 0.348. The number of fused-ring (bicyclic) bond motifs is 1. The van der Waals surface area contributed by atoms with Gasteiger partial charge < -0.3 is 20.3 Å². The molecule has 3 N–H and O–H groups in total. The molecule has 0 unspecified atom stereocenters. The van der Waals surface area contributed by atoms with E-state index in [0.717, 1.165) is 52.0 Å². The van der Waals surface area contributed by atoms with Crippen LogP contribution in [0.3, 0.4) is 0 Å². The number of rotatable bonds is 7. The van der Waals surface area contributed by atoms with Crippen LogP contribution in [0, 0.1) is 19.8 Å². The molecule has 1 aromatic carbocycles. The second-order valence-corrected chi connectivity index (χ2v) is 8.27. The minimum absolute atomic E-state index is 0.172. The van der Waals surface area contributed by atoms with Crippen molar-refractivity contribution in [2.75, 3.05) is 11.9 Å². The predicted octanol–water partition coefficient (Wildman–Crippen LogP) is 4.02. The first-order chi connectivity index (χ1) is 15.0. The van der Waals surface area contributed by atoms with Crippen molar-refractivity contribution in [2.24, 2.45) is 5.92 Å². The topological polar surface area (TPSA) is 105 Å². The number of carbonyl (C=O) groups is 1. The quantitative estimate of drug-likeness (QED) is 0.531. The molecule has 0 radical (unpaired) electrons. The number of aromatic nitrogens is 3. The summed E-state index contributed by atoms with van der Waals surface area (Å²) in [6.45, 7) is 4.28. The standard InChI is InChI=1S/C23H25N5O3/c1-13-21(14(2)31-27-13)16-5-7-17(8-6-16)22-23(25-11-20(29)30)28-12-18(9-15-3-4-15)24-10-19(28)26-22/h5-8,12,15,24-25H,3-4,9-11H2,1-2H3,(H,29,30). The van der Waals surface area contributed by atoms with E-state index in [0.29, 0.717) is 12.4 Å². The molecule has 1 aliphatic heterocycles. The molecule has 8 heteroatoms. The zero-order chi connectivity index (χ0) is 21.5. The molecule has 5 rings (SSSR count). The van der Waals surface area contributed by atoms with Gasteiger partial charge in [-0.25, -0.2) is 4.98 Å². The fourth-order valence-electron chi connectivity index (χ4n) is 4.11. The van der Waals surface area contributed by atoms with Gasteiger partial charge in [-0.05, 0) is 44.6 Å². The van der Waals surface area contributed by atoms with Crippen molar-refractivity contribution in [1.82, 2.24) is 20.0 Å². The van der Waals surface area contributed by atoms with Crippen LogP contribution in [0.15, 0.2) is 34.5 Å². The number of imidazole rings is 1. The molecule has 1 saturated carbocycles. The van der Waals surface area contributed by atoms with Gasteiger partial charge in [0.2, 0.25) is 0 Å². The summed E-state index contributed by atoms with van der Waals surface area (Å²) in [6.07, 6.45) is 5.64. The summed E-state index contributed by atoms with van der Waals surface area (Å²) < 4.78 is 7.29. The van der Waals surface area contributed by atoms with Crippen molar-refractivity contribution in [3.05, 3.63) is 47.2 Å². The van der Waals surface area contributed by atoms with Crippen molar-refractivity contribution in [3.63, 3.8) is 0 Å². The van der Waals surface area contributed by atoms with E-state index in [-0.39, 0.29) is 6.54 Å². The lowest BCUT2D eigenvalue weighted by Crippen LogP contribution is -2.23. The van der Waals surface area contributed by atoms with Crippen molar-refractivity contribution >= 4 is 18.0 Å². The number of allylic oxidation sites excluding steroid dienone is 1. The summed E-state index contributed by atoms with van der Waals surface area (Å²) in [4.78, 5) is 16.1. The SMILES string of the molecule is Cc1noc(C)c1-c1ccc(-c2nc3n(c2NCC(=O)O)C=C(CC2CC2)NC3)cc1. The number of anilines is 1. The zero-order valence-electron chi connectivity index (χ0n) is 17.6. The number of benzene rings is 1. The predicted molar refractivity (Wildman–Crippen MR) is 117 cm³/mol. The Balaban J connectivity index is 1.52. The van der Waals surface area contributed by atoms with Crippen molar-refractivity contribution in [2.45, 2.75) is 39.7 Å². The van der Waals surface area contributed by atoms with E-state index in [4.69, 9.17) is 9.51 Å². The fourth-order valence-corrected chi connectivity index (χ4v) is 4.11. The number of aryl methyl sites for hydroxylation is 2. The summed E-state index contributed by atoms with van der Waals surface area (Å²) in [6, 6.07) is 8.05. The van der Waals surface area contributed by atoms with Crippen molar-refractivity contribution < 1.29 is 14.4 Å². The molecule has 0 atom stereocenters. The van der Waals surface area contributed by atoms with Crippen LogP contribution in [-0.2, 0) is 11.3 Å². The molecule has 2 aliphatic rings. The Morgan fingerprint density at radius 3 is 2.65 bits per heavy atom. The summed E-state index contributed by atoms with van der Waals surface area (Å²) in [5.41, 5.74) is 5.71. The van der Waals surface area contributed by atoms with Crippen molar-refractivity contribution in [1.29, 1.82) is 0 Å². The molecule has 8 nitrogen and oxygen atoms in total. The molecule has 1 fully saturated rings.